The number of likely N-dealkylation sites (N-methyl/N-ethyl adjacent to an activating group) is 1. The Labute approximate surface area is 140 Å². The van der Waals surface area contributed by atoms with Crippen LogP contribution in [0.15, 0.2) is 42.5 Å². The minimum Gasteiger partial charge on any atom is -0.493 e. The van der Waals surface area contributed by atoms with E-state index in [1.807, 2.05) is 30.3 Å². The maximum Gasteiger partial charge on any atom is 0.232 e. The standard InChI is InChI=1S/C18H19N3O3/c1-21(12-8-9-16(23-2)17(10-12)24-3)18(22)11-15-13-6-4-5-7-14(13)19-20-15/h4-10H,11H2,1-3H3,(H,19,20). The number of nitrogens with zero attached hydrogens (tertiary/aromatic N) is 2. The Morgan fingerprint density at radius 1 is 1.12 bits per heavy atom. The van der Waals surface area contributed by atoms with Crippen LogP contribution in [0.3, 0.4) is 0 Å². The average Bonchev–Trinajstić information content (AvgIpc) is 3.03. The number of H-pyrrole nitrogens is 1. The molecule has 1 N–H and O–H groups in total. The maximum atomic E-state index is 12.6. The van der Waals surface area contributed by atoms with Gasteiger partial charge in [0.2, 0.25) is 5.91 Å². The molecule has 1 aromatic heterocycles. The van der Waals surface area contributed by atoms with Crippen molar-refractivity contribution in [2.24, 2.45) is 0 Å². The Kier molecular flexibility index (Phi) is 4.37. The number of ether oxygens (including phenoxy) is 2. The van der Waals surface area contributed by atoms with Crippen LogP contribution >= 0.6 is 0 Å². The molecule has 0 aliphatic rings. The molecule has 0 aliphatic carbocycles. The van der Waals surface area contributed by atoms with Crippen molar-refractivity contribution in [1.82, 2.24) is 10.2 Å². The molecular weight excluding hydrogens is 306 g/mol. The molecule has 6 nitrogen and oxygen atoms in total. The minimum absolute atomic E-state index is 0.0448. The number of carbonyl (C=O) groups is 1. The Bertz CT molecular complexity index is 873. The van der Waals surface area contributed by atoms with Crippen LogP contribution in [0, 0.1) is 0 Å². The SMILES string of the molecule is COc1ccc(N(C)C(=O)Cc2[nH]nc3ccccc23)cc1OC. The Morgan fingerprint density at radius 3 is 2.62 bits per heavy atom. The second-order valence-corrected chi connectivity index (χ2v) is 5.39. The van der Waals surface area contributed by atoms with E-state index in [9.17, 15) is 4.79 Å². The fourth-order valence-corrected chi connectivity index (χ4v) is 2.60. The molecule has 24 heavy (non-hydrogen) atoms. The van der Waals surface area contributed by atoms with Gasteiger partial charge in [-0.05, 0) is 18.2 Å². The third kappa shape index (κ3) is 2.90. The summed E-state index contributed by atoms with van der Waals surface area (Å²) in [7, 11) is 4.89. The summed E-state index contributed by atoms with van der Waals surface area (Å²) in [6, 6.07) is 13.1. The van der Waals surface area contributed by atoms with Gasteiger partial charge in [-0.25, -0.2) is 0 Å². The van der Waals surface area contributed by atoms with E-state index >= 15 is 0 Å². The monoisotopic (exact) mass is 325 g/mol. The number of methoxy groups -OCH3 is 2. The van der Waals surface area contributed by atoms with Gasteiger partial charge in [0.15, 0.2) is 11.5 Å². The number of benzene rings is 2. The number of anilines is 1. The van der Waals surface area contributed by atoms with Gasteiger partial charge < -0.3 is 14.4 Å². The van der Waals surface area contributed by atoms with Gasteiger partial charge in [-0.3, -0.25) is 9.89 Å². The highest BCUT2D eigenvalue weighted by atomic mass is 16.5. The number of hydrogen-bond acceptors (Lipinski definition) is 4. The first kappa shape index (κ1) is 15.9. The lowest BCUT2D eigenvalue weighted by Gasteiger charge is -2.19. The number of aromatic amines is 1. The largest absolute Gasteiger partial charge is 0.493 e. The Morgan fingerprint density at radius 2 is 1.88 bits per heavy atom. The molecule has 1 amide bonds. The molecule has 0 fully saturated rings. The summed E-state index contributed by atoms with van der Waals surface area (Å²) in [4.78, 5) is 14.2. The average molecular weight is 325 g/mol. The summed E-state index contributed by atoms with van der Waals surface area (Å²) in [5, 5.41) is 8.14. The molecule has 0 saturated heterocycles. The van der Waals surface area contributed by atoms with E-state index in [0.29, 0.717) is 11.5 Å². The van der Waals surface area contributed by atoms with E-state index in [1.54, 1.807) is 38.3 Å². The number of rotatable bonds is 5. The molecular formula is C18H19N3O3. The third-order valence-electron chi connectivity index (χ3n) is 4.00. The number of fused-ring (bicyclic) bond motifs is 1. The molecule has 0 radical (unpaired) electrons. The van der Waals surface area contributed by atoms with Crippen molar-refractivity contribution < 1.29 is 14.3 Å². The normalized spacial score (nSPS) is 10.6. The molecule has 0 atom stereocenters. The van der Waals surface area contributed by atoms with Gasteiger partial charge in [0.1, 0.15) is 0 Å². The van der Waals surface area contributed by atoms with E-state index in [-0.39, 0.29) is 12.3 Å². The summed E-state index contributed by atoms with van der Waals surface area (Å²) < 4.78 is 10.5. The summed E-state index contributed by atoms with van der Waals surface area (Å²) in [6.07, 6.45) is 0.241. The fraction of sp³-hybridized carbons (Fsp3) is 0.222. The smallest absolute Gasteiger partial charge is 0.232 e. The van der Waals surface area contributed by atoms with Crippen LogP contribution in [-0.4, -0.2) is 37.4 Å². The van der Waals surface area contributed by atoms with Crippen LogP contribution in [0.4, 0.5) is 5.69 Å². The van der Waals surface area contributed by atoms with Gasteiger partial charge in [0.25, 0.3) is 0 Å². The van der Waals surface area contributed by atoms with Crippen molar-refractivity contribution in [2.45, 2.75) is 6.42 Å². The molecule has 0 spiro atoms. The van der Waals surface area contributed by atoms with Crippen LogP contribution in [0.25, 0.3) is 10.9 Å². The van der Waals surface area contributed by atoms with Crippen LogP contribution in [-0.2, 0) is 11.2 Å². The van der Waals surface area contributed by atoms with Crippen molar-refractivity contribution in [3.8, 4) is 11.5 Å². The highest BCUT2D eigenvalue weighted by Crippen LogP contribution is 2.31. The second kappa shape index (κ2) is 6.62. The predicted molar refractivity (Wildman–Crippen MR) is 92.8 cm³/mol. The zero-order valence-corrected chi connectivity index (χ0v) is 13.9. The molecule has 2 aromatic carbocycles. The fourth-order valence-electron chi connectivity index (χ4n) is 2.60. The lowest BCUT2D eigenvalue weighted by Crippen LogP contribution is -2.28. The van der Waals surface area contributed by atoms with E-state index in [4.69, 9.17) is 9.47 Å². The van der Waals surface area contributed by atoms with Crippen LogP contribution in [0.1, 0.15) is 5.69 Å². The Balaban J connectivity index is 1.82. The summed E-state index contributed by atoms with van der Waals surface area (Å²) >= 11 is 0. The third-order valence-corrected chi connectivity index (χ3v) is 4.00. The first-order chi connectivity index (χ1) is 11.6. The van der Waals surface area contributed by atoms with Crippen molar-refractivity contribution in [3.63, 3.8) is 0 Å². The first-order valence-corrected chi connectivity index (χ1v) is 7.54. The molecule has 3 aromatic rings. The van der Waals surface area contributed by atoms with Crippen molar-refractivity contribution in [1.29, 1.82) is 0 Å². The molecule has 124 valence electrons. The number of carbonyl (C=O) groups excluding carboxylic acids is 1. The molecule has 1 heterocycles. The summed E-state index contributed by atoms with van der Waals surface area (Å²) in [5.41, 5.74) is 2.40. The van der Waals surface area contributed by atoms with Gasteiger partial charge in [0.05, 0.1) is 31.9 Å². The molecule has 3 rings (SSSR count). The topological polar surface area (TPSA) is 67.5 Å². The lowest BCUT2D eigenvalue weighted by molar-refractivity contribution is -0.117. The quantitative estimate of drug-likeness (QED) is 0.783. The van der Waals surface area contributed by atoms with Crippen LogP contribution in [0.2, 0.25) is 0 Å². The van der Waals surface area contributed by atoms with Crippen LogP contribution in [0.5, 0.6) is 11.5 Å². The zero-order valence-electron chi connectivity index (χ0n) is 13.9. The van der Waals surface area contributed by atoms with Crippen molar-refractivity contribution >= 4 is 22.5 Å². The first-order valence-electron chi connectivity index (χ1n) is 7.54. The highest BCUT2D eigenvalue weighted by Gasteiger charge is 2.16. The number of amides is 1. The van der Waals surface area contributed by atoms with Gasteiger partial charge >= 0.3 is 0 Å². The number of aromatic nitrogens is 2. The summed E-state index contributed by atoms with van der Waals surface area (Å²) in [5.74, 6) is 1.17. The van der Waals surface area contributed by atoms with Crippen LogP contribution < -0.4 is 14.4 Å². The zero-order chi connectivity index (χ0) is 17.1. The number of hydrogen-bond donors (Lipinski definition) is 1. The molecule has 0 saturated carbocycles. The predicted octanol–water partition coefficient (Wildman–Crippen LogP) is 2.79. The van der Waals surface area contributed by atoms with Gasteiger partial charge in [-0.1, -0.05) is 18.2 Å². The lowest BCUT2D eigenvalue weighted by atomic mass is 10.1. The molecule has 0 unspecified atom stereocenters. The van der Waals surface area contributed by atoms with E-state index < -0.39 is 0 Å². The molecule has 6 heteroatoms. The van der Waals surface area contributed by atoms with Crippen molar-refractivity contribution in [3.05, 3.63) is 48.2 Å². The van der Waals surface area contributed by atoms with Gasteiger partial charge in [0, 0.05) is 24.2 Å². The molecule has 0 aliphatic heterocycles. The Hall–Kier alpha value is -3.02. The second-order valence-electron chi connectivity index (χ2n) is 5.39. The summed E-state index contributed by atoms with van der Waals surface area (Å²) in [6.45, 7) is 0. The van der Waals surface area contributed by atoms with E-state index in [2.05, 4.69) is 10.2 Å². The van der Waals surface area contributed by atoms with Crippen molar-refractivity contribution in [2.75, 3.05) is 26.2 Å². The highest BCUT2D eigenvalue weighted by molar-refractivity contribution is 5.96. The van der Waals surface area contributed by atoms with Gasteiger partial charge in [-0.2, -0.15) is 5.10 Å². The molecule has 0 bridgehead atoms. The maximum absolute atomic E-state index is 12.6. The number of nitrogens with one attached hydrogen (secondary N) is 1. The number of para-hydroxylation sites is 1. The van der Waals surface area contributed by atoms with E-state index in [1.165, 1.54) is 0 Å². The van der Waals surface area contributed by atoms with Gasteiger partial charge in [-0.15, -0.1) is 0 Å². The minimum atomic E-state index is -0.0448. The van der Waals surface area contributed by atoms with E-state index in [0.717, 1.165) is 22.3 Å².